The van der Waals surface area contributed by atoms with Gasteiger partial charge in [0.25, 0.3) is 0 Å². The molecular weight excluding hydrogens is 393 g/mol. The predicted molar refractivity (Wildman–Crippen MR) is 110 cm³/mol. The number of benzene rings is 3. The van der Waals surface area contributed by atoms with Gasteiger partial charge in [-0.3, -0.25) is 0 Å². The molecule has 138 valence electrons. The molecule has 4 aromatic rings. The van der Waals surface area contributed by atoms with Crippen molar-refractivity contribution in [1.29, 1.82) is 0 Å². The first-order chi connectivity index (χ1) is 13.7. The predicted octanol–water partition coefficient (Wildman–Crippen LogP) is 5.55. The monoisotopic (exact) mass is 407 g/mol. The van der Waals surface area contributed by atoms with Crippen LogP contribution in [0.25, 0.3) is 0 Å². The molecule has 4 rings (SSSR count). The Bertz CT molecular complexity index is 944. The molecule has 0 aliphatic heterocycles. The Morgan fingerprint density at radius 2 is 0.893 bits per heavy atom. The van der Waals surface area contributed by atoms with Gasteiger partial charge in [-0.1, -0.05) is 91.0 Å². The Hall–Kier alpha value is -2.95. The smallest absolute Gasteiger partial charge is 0.323 e. The van der Waals surface area contributed by atoms with Crippen LogP contribution in [0.3, 0.4) is 0 Å². The molecule has 0 atom stereocenters. The maximum atomic E-state index is 6.49. The average Bonchev–Trinajstić information content (AvgIpc) is 2.73. The molecule has 0 radical (unpaired) electrons. The lowest BCUT2D eigenvalue weighted by Gasteiger charge is -2.35. The van der Waals surface area contributed by atoms with Crippen molar-refractivity contribution in [2.24, 2.45) is 0 Å². The molecule has 1 heterocycles. The topological polar surface area (TPSA) is 47.9 Å². The number of nitrogens with zero attached hydrogens (tertiary/aromatic N) is 3. The summed E-state index contributed by atoms with van der Waals surface area (Å²) in [5.74, 6) is 0. The number of aromatic nitrogens is 3. The van der Waals surface area contributed by atoms with Crippen LogP contribution < -0.4 is 4.74 Å². The van der Waals surface area contributed by atoms with Gasteiger partial charge in [0.2, 0.25) is 10.6 Å². The zero-order chi connectivity index (χ0) is 19.4. The summed E-state index contributed by atoms with van der Waals surface area (Å²) in [5, 5.41) is -0.0591. The van der Waals surface area contributed by atoms with Gasteiger partial charge >= 0.3 is 6.01 Å². The van der Waals surface area contributed by atoms with Crippen LogP contribution in [0, 0.1) is 0 Å². The minimum atomic E-state index is -1.00. The van der Waals surface area contributed by atoms with E-state index in [9.17, 15) is 0 Å². The summed E-state index contributed by atoms with van der Waals surface area (Å²) in [6.07, 6.45) is 0. The van der Waals surface area contributed by atoms with E-state index in [2.05, 4.69) is 15.0 Å². The van der Waals surface area contributed by atoms with Crippen molar-refractivity contribution in [1.82, 2.24) is 15.0 Å². The molecule has 4 nitrogen and oxygen atoms in total. The lowest BCUT2D eigenvalue weighted by molar-refractivity contribution is 0.139. The fourth-order valence-electron chi connectivity index (χ4n) is 3.19. The first kappa shape index (κ1) is 18.4. The van der Waals surface area contributed by atoms with Crippen molar-refractivity contribution in [3.63, 3.8) is 0 Å². The molecule has 3 aromatic carbocycles. The summed E-state index contributed by atoms with van der Waals surface area (Å²) in [4.78, 5) is 12.1. The van der Waals surface area contributed by atoms with E-state index in [0.717, 1.165) is 16.7 Å². The highest BCUT2D eigenvalue weighted by Gasteiger charge is 2.40. The zero-order valence-electron chi connectivity index (χ0n) is 14.7. The summed E-state index contributed by atoms with van der Waals surface area (Å²) < 4.78 is 6.49. The fourth-order valence-corrected chi connectivity index (χ4v) is 3.53. The molecule has 0 spiro atoms. The largest absolute Gasteiger partial charge is 0.442 e. The van der Waals surface area contributed by atoms with Gasteiger partial charge in [0, 0.05) is 16.7 Å². The molecule has 0 N–H and O–H groups in total. The van der Waals surface area contributed by atoms with Crippen molar-refractivity contribution in [3.05, 3.63) is 118 Å². The maximum absolute atomic E-state index is 6.49. The first-order valence-electron chi connectivity index (χ1n) is 8.61. The second-order valence-corrected chi connectivity index (χ2v) is 6.71. The number of rotatable bonds is 5. The summed E-state index contributed by atoms with van der Waals surface area (Å²) in [5.41, 5.74) is 1.75. The number of hydrogen-bond acceptors (Lipinski definition) is 4. The third-order valence-electron chi connectivity index (χ3n) is 4.35. The number of hydrogen-bond donors (Lipinski definition) is 0. The van der Waals surface area contributed by atoms with Crippen LogP contribution in [0.4, 0.5) is 0 Å². The molecule has 6 heteroatoms. The fraction of sp³-hybridized carbons (Fsp3) is 0.0455. The minimum Gasteiger partial charge on any atom is -0.442 e. The van der Waals surface area contributed by atoms with Gasteiger partial charge in [0.05, 0.1) is 0 Å². The van der Waals surface area contributed by atoms with Crippen LogP contribution in [0.1, 0.15) is 16.7 Å². The van der Waals surface area contributed by atoms with Gasteiger partial charge < -0.3 is 4.74 Å². The van der Waals surface area contributed by atoms with Crippen LogP contribution in [0.2, 0.25) is 10.6 Å². The normalized spacial score (nSPS) is 11.2. The van der Waals surface area contributed by atoms with E-state index in [-0.39, 0.29) is 16.6 Å². The molecule has 0 saturated heterocycles. The molecule has 0 aliphatic rings. The molecule has 0 aliphatic carbocycles. The van der Waals surface area contributed by atoms with E-state index in [4.69, 9.17) is 27.9 Å². The third kappa shape index (κ3) is 3.57. The number of halogens is 2. The molecule has 0 unspecified atom stereocenters. The third-order valence-corrected chi connectivity index (χ3v) is 4.68. The second-order valence-electron chi connectivity index (χ2n) is 6.04. The second kappa shape index (κ2) is 7.97. The van der Waals surface area contributed by atoms with Gasteiger partial charge in [0.15, 0.2) is 5.60 Å². The van der Waals surface area contributed by atoms with Gasteiger partial charge in [0.1, 0.15) is 0 Å². The minimum absolute atomic E-state index is 0.0296. The molecule has 0 fully saturated rings. The van der Waals surface area contributed by atoms with Crippen LogP contribution in [0.15, 0.2) is 91.0 Å². The first-order valence-corrected chi connectivity index (χ1v) is 9.37. The van der Waals surface area contributed by atoms with Crippen LogP contribution in [0.5, 0.6) is 6.01 Å². The molecular formula is C22H15Cl2N3O. The van der Waals surface area contributed by atoms with Gasteiger partial charge in [-0.2, -0.15) is 15.0 Å². The standard InChI is InChI=1S/C22H15Cl2N3O/c23-19-25-20(24)27-21(26-19)28-22(16-10-4-1-5-11-16,17-12-6-2-7-13-17)18-14-8-3-9-15-18/h1-15H. The lowest BCUT2D eigenvalue weighted by Crippen LogP contribution is -2.36. The molecule has 1 aromatic heterocycles. The Balaban J connectivity index is 2.01. The summed E-state index contributed by atoms with van der Waals surface area (Å²) in [6, 6.07) is 29.7. The van der Waals surface area contributed by atoms with E-state index in [1.165, 1.54) is 0 Å². The van der Waals surface area contributed by atoms with Crippen molar-refractivity contribution < 1.29 is 4.74 Å². The van der Waals surface area contributed by atoms with Gasteiger partial charge in [-0.05, 0) is 23.2 Å². The van der Waals surface area contributed by atoms with E-state index in [1.807, 2.05) is 91.0 Å². The van der Waals surface area contributed by atoms with Crippen molar-refractivity contribution in [2.75, 3.05) is 0 Å². The van der Waals surface area contributed by atoms with Crippen LogP contribution >= 0.6 is 23.2 Å². The van der Waals surface area contributed by atoms with Crippen LogP contribution in [-0.2, 0) is 5.60 Å². The summed E-state index contributed by atoms with van der Waals surface area (Å²) >= 11 is 12.0. The SMILES string of the molecule is Clc1nc(Cl)nc(OC(c2ccccc2)(c2ccccc2)c2ccccc2)n1. The highest BCUT2D eigenvalue weighted by atomic mass is 35.5. The van der Waals surface area contributed by atoms with E-state index in [1.54, 1.807) is 0 Å². The zero-order valence-corrected chi connectivity index (χ0v) is 16.2. The van der Waals surface area contributed by atoms with Crippen LogP contribution in [-0.4, -0.2) is 15.0 Å². The van der Waals surface area contributed by atoms with Crippen molar-refractivity contribution in [3.8, 4) is 6.01 Å². The lowest BCUT2D eigenvalue weighted by atomic mass is 9.80. The van der Waals surface area contributed by atoms with Crippen molar-refractivity contribution in [2.45, 2.75) is 5.60 Å². The highest BCUT2D eigenvalue weighted by molar-refractivity contribution is 6.31. The molecule has 28 heavy (non-hydrogen) atoms. The van der Waals surface area contributed by atoms with E-state index in [0.29, 0.717) is 0 Å². The van der Waals surface area contributed by atoms with Gasteiger partial charge in [-0.25, -0.2) is 0 Å². The Morgan fingerprint density at radius 1 is 0.536 bits per heavy atom. The maximum Gasteiger partial charge on any atom is 0.323 e. The molecule has 0 bridgehead atoms. The Labute approximate surface area is 172 Å². The Kier molecular flexibility index (Phi) is 5.24. The van der Waals surface area contributed by atoms with Gasteiger partial charge in [-0.15, -0.1) is 0 Å². The molecule has 0 amide bonds. The van der Waals surface area contributed by atoms with E-state index >= 15 is 0 Å². The van der Waals surface area contributed by atoms with E-state index < -0.39 is 5.60 Å². The summed E-state index contributed by atoms with van der Waals surface area (Å²) in [6.45, 7) is 0. The summed E-state index contributed by atoms with van der Waals surface area (Å²) in [7, 11) is 0. The highest BCUT2D eigenvalue weighted by Crippen LogP contribution is 2.40. The Morgan fingerprint density at radius 3 is 1.25 bits per heavy atom. The number of ether oxygens (including phenoxy) is 1. The van der Waals surface area contributed by atoms with Crippen molar-refractivity contribution >= 4 is 23.2 Å². The average molecular weight is 408 g/mol. The quantitative estimate of drug-likeness (QED) is 0.407. The molecule has 0 saturated carbocycles.